The molecule has 9 heteroatoms. The molecule has 0 aliphatic heterocycles. The number of rotatable bonds is 3. The number of imidazole rings is 1. The number of aromatic nitrogens is 7. The average molecular weight is 375 g/mol. The number of hydrogen-bond acceptors (Lipinski definition) is 6. The number of pyridine rings is 1. The van der Waals surface area contributed by atoms with Crippen molar-refractivity contribution in [2.24, 2.45) is 7.05 Å². The lowest BCUT2D eigenvalue weighted by molar-refractivity contribution is 0.580. The molecule has 1 aromatic carbocycles. The lowest BCUT2D eigenvalue weighted by Crippen LogP contribution is -2.09. The van der Waals surface area contributed by atoms with Gasteiger partial charge in [0.25, 0.3) is 0 Å². The molecule has 132 valence electrons. The number of nitrogens with zero attached hydrogens (tertiary/aromatic N) is 7. The van der Waals surface area contributed by atoms with Crippen molar-refractivity contribution in [3.8, 4) is 11.4 Å². The maximum absolute atomic E-state index is 13.1. The lowest BCUT2D eigenvalue weighted by Gasteiger charge is -2.08. The van der Waals surface area contributed by atoms with Gasteiger partial charge in [0.05, 0.1) is 23.0 Å². The molecule has 0 saturated carbocycles. The molecule has 0 saturated heterocycles. The molecular formula is C18H13N7OS. The first-order chi connectivity index (χ1) is 13.2. The standard InChI is InChI=1S/C18H13N7OS/c1-24-10-16(20-11-24)15-6-7-17-21-22-18(25(17)23-15)27(26)13-4-5-14-12(9-13)3-2-8-19-14/h2-11H,1H3. The monoisotopic (exact) mass is 375 g/mol. The van der Waals surface area contributed by atoms with Gasteiger partial charge in [0, 0.05) is 30.9 Å². The summed E-state index contributed by atoms with van der Waals surface area (Å²) in [5, 5.41) is 13.9. The molecule has 0 spiro atoms. The van der Waals surface area contributed by atoms with Crippen LogP contribution in [0.4, 0.5) is 0 Å². The molecule has 5 rings (SSSR count). The molecule has 5 aromatic rings. The van der Waals surface area contributed by atoms with Crippen LogP contribution in [0.25, 0.3) is 27.9 Å². The van der Waals surface area contributed by atoms with Crippen molar-refractivity contribution in [2.45, 2.75) is 10.1 Å². The van der Waals surface area contributed by atoms with Crippen molar-refractivity contribution in [3.05, 3.63) is 61.2 Å². The van der Waals surface area contributed by atoms with Crippen molar-refractivity contribution < 1.29 is 4.55 Å². The van der Waals surface area contributed by atoms with E-state index < -0.39 is 11.2 Å². The van der Waals surface area contributed by atoms with Crippen LogP contribution >= 0.6 is 0 Å². The Kier molecular flexibility index (Phi) is 3.62. The van der Waals surface area contributed by atoms with E-state index in [2.05, 4.69) is 25.3 Å². The highest BCUT2D eigenvalue weighted by Crippen LogP contribution is 2.24. The second kappa shape index (κ2) is 6.15. The van der Waals surface area contributed by atoms with Crippen LogP contribution in [0.2, 0.25) is 0 Å². The first-order valence-electron chi connectivity index (χ1n) is 8.16. The third kappa shape index (κ3) is 2.73. The quantitative estimate of drug-likeness (QED) is 0.449. The van der Waals surface area contributed by atoms with E-state index in [4.69, 9.17) is 0 Å². The molecule has 0 bridgehead atoms. The van der Waals surface area contributed by atoms with Crippen LogP contribution in [0.5, 0.6) is 0 Å². The van der Waals surface area contributed by atoms with Gasteiger partial charge in [-0.3, -0.25) is 4.98 Å². The van der Waals surface area contributed by atoms with Gasteiger partial charge >= 0.3 is 5.16 Å². The van der Waals surface area contributed by atoms with E-state index in [1.165, 1.54) is 4.52 Å². The third-order valence-corrected chi connectivity index (χ3v) is 5.42. The highest BCUT2D eigenvalue weighted by Gasteiger charge is 2.24. The van der Waals surface area contributed by atoms with Crippen LogP contribution in [0.1, 0.15) is 0 Å². The first kappa shape index (κ1) is 15.9. The molecule has 0 radical (unpaired) electrons. The number of benzene rings is 1. The van der Waals surface area contributed by atoms with E-state index in [0.717, 1.165) is 16.6 Å². The third-order valence-electron chi connectivity index (χ3n) is 4.16. The predicted molar refractivity (Wildman–Crippen MR) is 99.4 cm³/mol. The summed E-state index contributed by atoms with van der Waals surface area (Å²) in [5.41, 5.74) is 2.76. The van der Waals surface area contributed by atoms with Crippen LogP contribution in [0.15, 0.2) is 71.2 Å². The fourth-order valence-electron chi connectivity index (χ4n) is 2.84. The highest BCUT2D eigenvalue weighted by atomic mass is 32.2. The van der Waals surface area contributed by atoms with Gasteiger partial charge in [0.15, 0.2) is 10.5 Å². The summed E-state index contributed by atoms with van der Waals surface area (Å²) in [7, 11) is 1.89. The Morgan fingerprint density at radius 2 is 1.93 bits per heavy atom. The topological polar surface area (TPSA) is 96.8 Å². The second-order valence-corrected chi connectivity index (χ2v) is 7.40. The van der Waals surface area contributed by atoms with Crippen LogP contribution in [-0.4, -0.2) is 38.9 Å². The maximum atomic E-state index is 13.1. The summed E-state index contributed by atoms with van der Waals surface area (Å²) >= 11 is -1.53. The summed E-state index contributed by atoms with van der Waals surface area (Å²) in [6.07, 6.45) is 5.30. The van der Waals surface area contributed by atoms with E-state index in [1.807, 2.05) is 48.1 Å². The van der Waals surface area contributed by atoms with Gasteiger partial charge in [-0.1, -0.05) is 11.2 Å². The minimum Gasteiger partial charge on any atom is -0.604 e. The fourth-order valence-corrected chi connectivity index (χ4v) is 3.88. The van der Waals surface area contributed by atoms with Gasteiger partial charge in [0.1, 0.15) is 11.4 Å². The second-order valence-electron chi connectivity index (χ2n) is 6.02. The van der Waals surface area contributed by atoms with Crippen LogP contribution < -0.4 is 0 Å². The molecule has 0 amide bonds. The molecule has 8 nitrogen and oxygen atoms in total. The van der Waals surface area contributed by atoms with Gasteiger partial charge in [0.2, 0.25) is 0 Å². The van der Waals surface area contributed by atoms with Crippen molar-refractivity contribution >= 4 is 27.7 Å². The van der Waals surface area contributed by atoms with E-state index >= 15 is 0 Å². The zero-order valence-corrected chi connectivity index (χ0v) is 15.0. The van der Waals surface area contributed by atoms with Gasteiger partial charge in [-0.25, -0.2) is 4.98 Å². The Morgan fingerprint density at radius 1 is 1.00 bits per heavy atom. The number of fused-ring (bicyclic) bond motifs is 2. The predicted octanol–water partition coefficient (Wildman–Crippen LogP) is 2.24. The van der Waals surface area contributed by atoms with E-state index in [-0.39, 0.29) is 5.16 Å². The highest BCUT2D eigenvalue weighted by molar-refractivity contribution is 7.91. The Balaban J connectivity index is 1.60. The molecule has 0 aliphatic rings. The van der Waals surface area contributed by atoms with Gasteiger partial charge in [-0.2, -0.15) is 9.61 Å². The minimum absolute atomic E-state index is 0.269. The van der Waals surface area contributed by atoms with Crippen molar-refractivity contribution in [2.75, 3.05) is 0 Å². The Labute approximate surface area is 156 Å². The Morgan fingerprint density at radius 3 is 2.78 bits per heavy atom. The molecule has 0 fully saturated rings. The van der Waals surface area contributed by atoms with Crippen molar-refractivity contribution in [1.82, 2.24) is 34.3 Å². The maximum Gasteiger partial charge on any atom is 0.370 e. The van der Waals surface area contributed by atoms with Gasteiger partial charge in [-0.15, -0.1) is 5.10 Å². The lowest BCUT2D eigenvalue weighted by atomic mass is 10.2. The largest absolute Gasteiger partial charge is 0.604 e. The van der Waals surface area contributed by atoms with E-state index in [9.17, 15) is 4.55 Å². The van der Waals surface area contributed by atoms with E-state index in [0.29, 0.717) is 16.2 Å². The molecule has 27 heavy (non-hydrogen) atoms. The van der Waals surface area contributed by atoms with Crippen LogP contribution in [0.3, 0.4) is 0 Å². The molecule has 4 aromatic heterocycles. The zero-order valence-electron chi connectivity index (χ0n) is 14.2. The smallest absolute Gasteiger partial charge is 0.370 e. The van der Waals surface area contributed by atoms with Crippen molar-refractivity contribution in [3.63, 3.8) is 0 Å². The molecular weight excluding hydrogens is 362 g/mol. The van der Waals surface area contributed by atoms with Crippen LogP contribution in [0, 0.1) is 0 Å². The Bertz CT molecular complexity index is 1280. The molecule has 4 heterocycles. The summed E-state index contributed by atoms with van der Waals surface area (Å²) in [5.74, 6) is 0. The van der Waals surface area contributed by atoms with E-state index in [1.54, 1.807) is 24.7 Å². The first-order valence-corrected chi connectivity index (χ1v) is 9.31. The summed E-state index contributed by atoms with van der Waals surface area (Å²) < 4.78 is 16.5. The average Bonchev–Trinajstić information content (AvgIpc) is 3.32. The minimum atomic E-state index is -1.53. The summed E-state index contributed by atoms with van der Waals surface area (Å²) in [4.78, 5) is 9.22. The molecule has 1 unspecified atom stereocenters. The molecule has 0 aliphatic carbocycles. The van der Waals surface area contributed by atoms with Gasteiger partial charge < -0.3 is 9.12 Å². The molecule has 0 N–H and O–H groups in total. The Hall–Kier alpha value is -3.30. The number of aryl methyl sites for hydroxylation is 1. The normalized spacial score (nSPS) is 12.7. The number of hydrogen-bond donors (Lipinski definition) is 0. The van der Waals surface area contributed by atoms with Crippen LogP contribution in [-0.2, 0) is 18.2 Å². The summed E-state index contributed by atoms with van der Waals surface area (Å²) in [6.45, 7) is 0. The molecule has 1 atom stereocenters. The summed E-state index contributed by atoms with van der Waals surface area (Å²) in [6, 6.07) is 12.9. The van der Waals surface area contributed by atoms with Crippen molar-refractivity contribution in [1.29, 1.82) is 0 Å². The SMILES string of the molecule is Cn1cnc(-c2ccc3nnc([S+]([O-])c4ccc5ncccc5c4)n3n2)c1. The fraction of sp³-hybridized carbons (Fsp3) is 0.0556. The zero-order chi connectivity index (χ0) is 18.4. The van der Waals surface area contributed by atoms with Gasteiger partial charge in [-0.05, 0) is 30.3 Å².